The van der Waals surface area contributed by atoms with Gasteiger partial charge in [0, 0.05) is 5.69 Å². The molecule has 1 atom stereocenters. The van der Waals surface area contributed by atoms with Crippen molar-refractivity contribution in [3.05, 3.63) is 24.3 Å². The van der Waals surface area contributed by atoms with E-state index in [0.29, 0.717) is 17.9 Å². The molecular weight excluding hydrogens is 310 g/mol. The van der Waals surface area contributed by atoms with Crippen LogP contribution in [0.15, 0.2) is 24.3 Å². The molecule has 24 heavy (non-hydrogen) atoms. The number of ether oxygens (including phenoxy) is 1. The van der Waals surface area contributed by atoms with Gasteiger partial charge in [-0.1, -0.05) is 13.8 Å². The average molecular weight is 333 g/mol. The van der Waals surface area contributed by atoms with Gasteiger partial charge >= 0.3 is 6.03 Å². The van der Waals surface area contributed by atoms with Crippen LogP contribution < -0.4 is 15.4 Å². The first-order chi connectivity index (χ1) is 11.2. The molecule has 1 aromatic carbocycles. The smallest absolute Gasteiger partial charge is 0.325 e. The van der Waals surface area contributed by atoms with Gasteiger partial charge in [0.05, 0.1) is 7.11 Å². The molecule has 0 radical (unpaired) electrons. The topological polar surface area (TPSA) is 87.7 Å². The number of carbonyl (C=O) groups excluding carboxylic acids is 3. The summed E-state index contributed by atoms with van der Waals surface area (Å²) >= 11 is 0. The van der Waals surface area contributed by atoms with Gasteiger partial charge in [-0.05, 0) is 43.5 Å². The Bertz CT molecular complexity index is 642. The Hall–Kier alpha value is -2.57. The largest absolute Gasteiger partial charge is 0.497 e. The van der Waals surface area contributed by atoms with Crippen molar-refractivity contribution in [1.82, 2.24) is 10.2 Å². The summed E-state index contributed by atoms with van der Waals surface area (Å²) in [5.74, 6) is 0.113. The molecule has 0 aliphatic carbocycles. The first-order valence-electron chi connectivity index (χ1n) is 7.83. The monoisotopic (exact) mass is 333 g/mol. The zero-order chi connectivity index (χ0) is 17.9. The van der Waals surface area contributed by atoms with Gasteiger partial charge in [0.2, 0.25) is 5.91 Å². The number of imide groups is 1. The molecule has 2 rings (SSSR count). The van der Waals surface area contributed by atoms with E-state index >= 15 is 0 Å². The van der Waals surface area contributed by atoms with Crippen molar-refractivity contribution >= 4 is 23.5 Å². The van der Waals surface area contributed by atoms with Gasteiger partial charge in [-0.2, -0.15) is 0 Å². The van der Waals surface area contributed by atoms with Crippen molar-refractivity contribution in [2.24, 2.45) is 5.92 Å². The maximum atomic E-state index is 12.5. The zero-order valence-electron chi connectivity index (χ0n) is 14.4. The van der Waals surface area contributed by atoms with Gasteiger partial charge in [0.15, 0.2) is 0 Å². The number of carbonyl (C=O) groups is 3. The van der Waals surface area contributed by atoms with Crippen LogP contribution in [-0.4, -0.2) is 41.9 Å². The van der Waals surface area contributed by atoms with Crippen molar-refractivity contribution in [1.29, 1.82) is 0 Å². The highest BCUT2D eigenvalue weighted by Gasteiger charge is 2.48. The minimum absolute atomic E-state index is 0.243. The van der Waals surface area contributed by atoms with E-state index in [1.165, 1.54) is 0 Å². The van der Waals surface area contributed by atoms with Gasteiger partial charge in [-0.15, -0.1) is 0 Å². The van der Waals surface area contributed by atoms with Crippen LogP contribution in [0.4, 0.5) is 10.5 Å². The Balaban J connectivity index is 2.00. The molecule has 4 amide bonds. The summed E-state index contributed by atoms with van der Waals surface area (Å²) in [6.07, 6.45) is 0.522. The minimum atomic E-state index is -0.953. The number of urea groups is 1. The van der Waals surface area contributed by atoms with Gasteiger partial charge in [-0.3, -0.25) is 14.5 Å². The molecule has 1 aliphatic heterocycles. The number of rotatable bonds is 6. The minimum Gasteiger partial charge on any atom is -0.497 e. The zero-order valence-corrected chi connectivity index (χ0v) is 14.4. The lowest BCUT2D eigenvalue weighted by Gasteiger charge is -2.23. The highest BCUT2D eigenvalue weighted by Crippen LogP contribution is 2.25. The van der Waals surface area contributed by atoms with E-state index < -0.39 is 17.5 Å². The summed E-state index contributed by atoms with van der Waals surface area (Å²) in [5.41, 5.74) is -0.385. The van der Waals surface area contributed by atoms with Crippen LogP contribution in [0, 0.1) is 5.92 Å². The molecule has 1 aromatic rings. The highest BCUT2D eigenvalue weighted by atomic mass is 16.5. The molecule has 0 unspecified atom stereocenters. The summed E-state index contributed by atoms with van der Waals surface area (Å²) < 4.78 is 5.05. The Kier molecular flexibility index (Phi) is 5.11. The van der Waals surface area contributed by atoms with Crippen LogP contribution in [0.5, 0.6) is 5.75 Å². The van der Waals surface area contributed by atoms with Crippen molar-refractivity contribution in [2.45, 2.75) is 32.7 Å². The van der Waals surface area contributed by atoms with Crippen LogP contribution in [0.3, 0.4) is 0 Å². The molecule has 2 N–H and O–H groups in total. The third-order valence-electron chi connectivity index (χ3n) is 3.84. The average Bonchev–Trinajstić information content (AvgIpc) is 2.70. The van der Waals surface area contributed by atoms with Crippen LogP contribution in [0.1, 0.15) is 27.2 Å². The fourth-order valence-electron chi connectivity index (χ4n) is 2.86. The van der Waals surface area contributed by atoms with Crippen LogP contribution in [0.25, 0.3) is 0 Å². The molecule has 7 nitrogen and oxygen atoms in total. The van der Waals surface area contributed by atoms with Crippen LogP contribution in [0.2, 0.25) is 0 Å². The molecule has 0 bridgehead atoms. The SMILES string of the molecule is COc1ccc(NC(=O)CN2C(=O)N[C@](C)(CC(C)C)C2=O)cc1. The number of amides is 4. The number of nitrogens with one attached hydrogen (secondary N) is 2. The molecule has 1 fully saturated rings. The lowest BCUT2D eigenvalue weighted by Crippen LogP contribution is -2.45. The molecule has 1 aliphatic rings. The first-order valence-corrected chi connectivity index (χ1v) is 7.83. The molecular formula is C17H23N3O4. The lowest BCUT2D eigenvalue weighted by molar-refractivity contribution is -0.133. The molecule has 0 aromatic heterocycles. The van der Waals surface area contributed by atoms with E-state index in [1.807, 2.05) is 13.8 Å². The maximum Gasteiger partial charge on any atom is 0.325 e. The van der Waals surface area contributed by atoms with E-state index in [2.05, 4.69) is 10.6 Å². The summed E-state index contributed by atoms with van der Waals surface area (Å²) in [6, 6.07) is 6.26. The number of hydrogen-bond donors (Lipinski definition) is 2. The molecule has 1 saturated heterocycles. The number of nitrogens with zero attached hydrogens (tertiary/aromatic N) is 1. The second-order valence-corrected chi connectivity index (χ2v) is 6.53. The lowest BCUT2D eigenvalue weighted by atomic mass is 9.91. The Morgan fingerprint density at radius 2 is 1.92 bits per heavy atom. The van der Waals surface area contributed by atoms with E-state index in [-0.39, 0.29) is 18.4 Å². The predicted molar refractivity (Wildman–Crippen MR) is 89.7 cm³/mol. The van der Waals surface area contributed by atoms with Crippen molar-refractivity contribution in [3.8, 4) is 5.75 Å². The van der Waals surface area contributed by atoms with E-state index in [0.717, 1.165) is 4.90 Å². The summed E-state index contributed by atoms with van der Waals surface area (Å²) in [7, 11) is 1.55. The molecule has 1 heterocycles. The molecule has 7 heteroatoms. The maximum absolute atomic E-state index is 12.5. The Morgan fingerprint density at radius 3 is 2.46 bits per heavy atom. The van der Waals surface area contributed by atoms with Gasteiger partial charge in [-0.25, -0.2) is 4.79 Å². The van der Waals surface area contributed by atoms with Crippen LogP contribution >= 0.6 is 0 Å². The van der Waals surface area contributed by atoms with E-state index in [4.69, 9.17) is 4.74 Å². The summed E-state index contributed by atoms with van der Waals surface area (Å²) in [6.45, 7) is 5.33. The van der Waals surface area contributed by atoms with Gasteiger partial charge in [0.1, 0.15) is 17.8 Å². The molecule has 130 valence electrons. The molecule has 0 saturated carbocycles. The van der Waals surface area contributed by atoms with Crippen molar-refractivity contribution < 1.29 is 19.1 Å². The third kappa shape index (κ3) is 3.84. The van der Waals surface area contributed by atoms with Crippen molar-refractivity contribution in [2.75, 3.05) is 19.0 Å². The van der Waals surface area contributed by atoms with E-state index in [9.17, 15) is 14.4 Å². The molecule has 0 spiro atoms. The summed E-state index contributed by atoms with van der Waals surface area (Å²) in [5, 5.41) is 5.35. The normalized spacial score (nSPS) is 20.3. The van der Waals surface area contributed by atoms with Crippen molar-refractivity contribution in [3.63, 3.8) is 0 Å². The van der Waals surface area contributed by atoms with Gasteiger partial charge < -0.3 is 15.4 Å². The van der Waals surface area contributed by atoms with Crippen LogP contribution in [-0.2, 0) is 9.59 Å². The Morgan fingerprint density at radius 1 is 1.29 bits per heavy atom. The number of methoxy groups -OCH3 is 1. The quantitative estimate of drug-likeness (QED) is 0.779. The second-order valence-electron chi connectivity index (χ2n) is 6.53. The second kappa shape index (κ2) is 6.90. The van der Waals surface area contributed by atoms with Gasteiger partial charge in [0.25, 0.3) is 5.91 Å². The standard InChI is InChI=1S/C17H23N3O4/c1-11(2)9-17(3)15(22)20(16(23)19-17)10-14(21)18-12-5-7-13(24-4)8-6-12/h5-8,11H,9-10H2,1-4H3,(H,18,21)(H,19,23)/t17-/m1/s1. The Labute approximate surface area is 141 Å². The highest BCUT2D eigenvalue weighted by molar-refractivity contribution is 6.09. The number of hydrogen-bond acceptors (Lipinski definition) is 4. The fraction of sp³-hybridized carbons (Fsp3) is 0.471. The number of benzene rings is 1. The number of anilines is 1. The first kappa shape index (κ1) is 17.8. The fourth-order valence-corrected chi connectivity index (χ4v) is 2.86. The summed E-state index contributed by atoms with van der Waals surface area (Å²) in [4.78, 5) is 37.6. The predicted octanol–water partition coefficient (Wildman–Crippen LogP) is 1.99. The van der Waals surface area contributed by atoms with E-state index in [1.54, 1.807) is 38.3 Å². The third-order valence-corrected chi connectivity index (χ3v) is 3.84.